The molecule has 0 aliphatic heterocycles. The van der Waals surface area contributed by atoms with Crippen LogP contribution in [0.5, 0.6) is 5.75 Å². The molecule has 0 saturated carbocycles. The van der Waals surface area contributed by atoms with Gasteiger partial charge in [-0.25, -0.2) is 0 Å². The van der Waals surface area contributed by atoms with Crippen LogP contribution in [-0.4, -0.2) is 29.3 Å². The van der Waals surface area contributed by atoms with Gasteiger partial charge < -0.3 is 15.0 Å². The van der Waals surface area contributed by atoms with Crippen LogP contribution in [0.25, 0.3) is 11.4 Å². The van der Waals surface area contributed by atoms with Gasteiger partial charge in [0.25, 0.3) is 0 Å². The summed E-state index contributed by atoms with van der Waals surface area (Å²) < 4.78 is 10.4. The van der Waals surface area contributed by atoms with Crippen molar-refractivity contribution in [3.05, 3.63) is 30.2 Å². The number of rotatable bonds is 6. The summed E-state index contributed by atoms with van der Waals surface area (Å²) in [5, 5.41) is 3.96. The molecule has 5 nitrogen and oxygen atoms in total. The molecule has 0 spiro atoms. The summed E-state index contributed by atoms with van der Waals surface area (Å²) >= 11 is 1.75. The van der Waals surface area contributed by atoms with E-state index < -0.39 is 0 Å². The fourth-order valence-corrected chi connectivity index (χ4v) is 2.12. The number of ether oxygens (including phenoxy) is 1. The van der Waals surface area contributed by atoms with E-state index in [9.17, 15) is 0 Å². The molecule has 2 aromatic rings. The van der Waals surface area contributed by atoms with Crippen LogP contribution in [-0.2, 0) is 0 Å². The van der Waals surface area contributed by atoms with Crippen molar-refractivity contribution in [2.75, 3.05) is 19.1 Å². The summed E-state index contributed by atoms with van der Waals surface area (Å²) in [6.07, 6.45) is 2.86. The minimum absolute atomic E-state index is 0.209. The average Bonchev–Trinajstić information content (AvgIpc) is 2.94. The minimum atomic E-state index is -0.209. The maximum Gasteiger partial charge on any atom is 0.243 e. The fourth-order valence-electron chi connectivity index (χ4n) is 1.63. The van der Waals surface area contributed by atoms with E-state index in [1.54, 1.807) is 18.9 Å². The molecule has 0 radical (unpaired) electrons. The smallest absolute Gasteiger partial charge is 0.243 e. The highest BCUT2D eigenvalue weighted by Gasteiger charge is 2.15. The first-order valence-corrected chi connectivity index (χ1v) is 7.36. The highest BCUT2D eigenvalue weighted by molar-refractivity contribution is 7.98. The van der Waals surface area contributed by atoms with Crippen LogP contribution in [0.4, 0.5) is 0 Å². The van der Waals surface area contributed by atoms with Gasteiger partial charge in [-0.2, -0.15) is 16.7 Å². The third kappa shape index (κ3) is 3.48. The highest BCUT2D eigenvalue weighted by Crippen LogP contribution is 2.23. The van der Waals surface area contributed by atoms with E-state index in [1.165, 1.54) is 0 Å². The predicted molar refractivity (Wildman–Crippen MR) is 76.2 cm³/mol. The van der Waals surface area contributed by atoms with Gasteiger partial charge in [0.1, 0.15) is 5.75 Å². The lowest BCUT2D eigenvalue weighted by Crippen LogP contribution is -2.11. The van der Waals surface area contributed by atoms with Crippen LogP contribution in [0.15, 0.2) is 28.8 Å². The number of nitrogens with two attached hydrogens (primary N) is 1. The number of benzene rings is 1. The Hall–Kier alpha value is -1.53. The molecule has 2 rings (SSSR count). The molecule has 0 amide bonds. The number of hydrogen-bond donors (Lipinski definition) is 1. The second-order valence-electron chi connectivity index (χ2n) is 4.08. The Balaban J connectivity index is 2.15. The van der Waals surface area contributed by atoms with Crippen LogP contribution < -0.4 is 10.5 Å². The van der Waals surface area contributed by atoms with E-state index >= 15 is 0 Å². The Kier molecular flexibility index (Phi) is 4.81. The Morgan fingerprint density at radius 2 is 2.32 bits per heavy atom. The summed E-state index contributed by atoms with van der Waals surface area (Å²) in [5.41, 5.74) is 6.85. The van der Waals surface area contributed by atoms with E-state index in [1.807, 2.05) is 30.5 Å². The number of hydrogen-bond acceptors (Lipinski definition) is 6. The van der Waals surface area contributed by atoms with Crippen molar-refractivity contribution in [3.63, 3.8) is 0 Å². The van der Waals surface area contributed by atoms with Gasteiger partial charge in [-0.3, -0.25) is 0 Å². The Morgan fingerprint density at radius 3 is 3.05 bits per heavy atom. The largest absolute Gasteiger partial charge is 0.497 e. The summed E-state index contributed by atoms with van der Waals surface area (Å²) in [6, 6.07) is 7.32. The third-order valence-corrected chi connectivity index (χ3v) is 3.36. The molecule has 1 aromatic heterocycles. The van der Waals surface area contributed by atoms with Crippen molar-refractivity contribution in [2.24, 2.45) is 5.73 Å². The van der Waals surface area contributed by atoms with Gasteiger partial charge in [-0.05, 0) is 30.6 Å². The van der Waals surface area contributed by atoms with Crippen molar-refractivity contribution in [1.29, 1.82) is 0 Å². The first kappa shape index (κ1) is 13.9. The second kappa shape index (κ2) is 6.58. The number of thioether (sulfide) groups is 1. The first-order chi connectivity index (χ1) is 9.24. The van der Waals surface area contributed by atoms with Crippen molar-refractivity contribution >= 4 is 11.8 Å². The molecule has 1 heterocycles. The molecular weight excluding hydrogens is 262 g/mol. The topological polar surface area (TPSA) is 74.2 Å². The molecule has 0 saturated heterocycles. The molecule has 6 heteroatoms. The van der Waals surface area contributed by atoms with Gasteiger partial charge in [-0.1, -0.05) is 17.3 Å². The summed E-state index contributed by atoms with van der Waals surface area (Å²) in [6.45, 7) is 0. The number of methoxy groups -OCH3 is 1. The molecule has 1 atom stereocenters. The molecule has 0 aliphatic carbocycles. The lowest BCUT2D eigenvalue weighted by molar-refractivity contribution is 0.353. The normalized spacial score (nSPS) is 12.4. The predicted octanol–water partition coefficient (Wildman–Crippen LogP) is 2.50. The molecule has 1 aromatic carbocycles. The Morgan fingerprint density at radius 1 is 1.47 bits per heavy atom. The third-order valence-electron chi connectivity index (χ3n) is 2.72. The van der Waals surface area contributed by atoms with Gasteiger partial charge in [0, 0.05) is 5.56 Å². The van der Waals surface area contributed by atoms with Crippen LogP contribution in [0.3, 0.4) is 0 Å². The number of aromatic nitrogens is 2. The van der Waals surface area contributed by atoms with Crippen LogP contribution >= 0.6 is 11.8 Å². The van der Waals surface area contributed by atoms with Crippen molar-refractivity contribution in [2.45, 2.75) is 12.5 Å². The van der Waals surface area contributed by atoms with Crippen LogP contribution in [0.2, 0.25) is 0 Å². The van der Waals surface area contributed by atoms with Gasteiger partial charge in [0.15, 0.2) is 0 Å². The minimum Gasteiger partial charge on any atom is -0.497 e. The number of nitrogens with zero attached hydrogens (tertiary/aromatic N) is 2. The van der Waals surface area contributed by atoms with Crippen molar-refractivity contribution in [3.8, 4) is 17.1 Å². The second-order valence-corrected chi connectivity index (χ2v) is 5.06. The van der Waals surface area contributed by atoms with Crippen LogP contribution in [0.1, 0.15) is 18.4 Å². The summed E-state index contributed by atoms with van der Waals surface area (Å²) in [7, 11) is 1.62. The van der Waals surface area contributed by atoms with E-state index in [4.69, 9.17) is 15.0 Å². The lowest BCUT2D eigenvalue weighted by Gasteiger charge is -2.03. The molecule has 0 aliphatic rings. The first-order valence-electron chi connectivity index (χ1n) is 5.97. The van der Waals surface area contributed by atoms with E-state index in [2.05, 4.69) is 10.1 Å². The van der Waals surface area contributed by atoms with Crippen LogP contribution in [0, 0.1) is 0 Å². The standard InChI is InChI=1S/C13H17N3O2S/c1-17-10-5-3-4-9(8-10)12-15-13(18-16-12)11(14)6-7-19-2/h3-5,8,11H,6-7,14H2,1-2H3/t11-/m0/s1. The van der Waals surface area contributed by atoms with Gasteiger partial charge >= 0.3 is 0 Å². The molecule has 2 N–H and O–H groups in total. The zero-order valence-electron chi connectivity index (χ0n) is 11.0. The summed E-state index contributed by atoms with van der Waals surface area (Å²) in [4.78, 5) is 4.34. The molecule has 0 unspecified atom stereocenters. The van der Waals surface area contributed by atoms with E-state index in [0.717, 1.165) is 23.5 Å². The SMILES string of the molecule is COc1cccc(-c2noc([C@@H](N)CCSC)n2)c1. The quantitative estimate of drug-likeness (QED) is 0.875. The zero-order chi connectivity index (χ0) is 13.7. The Labute approximate surface area is 116 Å². The van der Waals surface area contributed by atoms with E-state index in [0.29, 0.717) is 11.7 Å². The summed E-state index contributed by atoms with van der Waals surface area (Å²) in [5.74, 6) is 2.74. The molecule has 102 valence electrons. The molecule has 0 bridgehead atoms. The average molecular weight is 279 g/mol. The fraction of sp³-hybridized carbons (Fsp3) is 0.385. The molecule has 19 heavy (non-hydrogen) atoms. The zero-order valence-corrected chi connectivity index (χ0v) is 11.8. The maximum absolute atomic E-state index is 5.99. The van der Waals surface area contributed by atoms with Crippen molar-refractivity contribution < 1.29 is 9.26 Å². The van der Waals surface area contributed by atoms with Gasteiger partial charge in [-0.15, -0.1) is 0 Å². The van der Waals surface area contributed by atoms with Crippen molar-refractivity contribution in [1.82, 2.24) is 10.1 Å². The monoisotopic (exact) mass is 279 g/mol. The molecular formula is C13H17N3O2S. The van der Waals surface area contributed by atoms with E-state index in [-0.39, 0.29) is 6.04 Å². The lowest BCUT2D eigenvalue weighted by atomic mass is 10.2. The highest BCUT2D eigenvalue weighted by atomic mass is 32.2. The Bertz CT molecular complexity index is 530. The van der Waals surface area contributed by atoms with Gasteiger partial charge in [0.2, 0.25) is 11.7 Å². The molecule has 0 fully saturated rings. The van der Waals surface area contributed by atoms with Gasteiger partial charge in [0.05, 0.1) is 13.2 Å². The maximum atomic E-state index is 5.99.